The maximum atomic E-state index is 5.23. The summed E-state index contributed by atoms with van der Waals surface area (Å²) in [7, 11) is 1.70. The topological polar surface area (TPSA) is 37.4 Å². The molecule has 2 heterocycles. The molecular weight excluding hydrogens is 346 g/mol. The van der Waals surface area contributed by atoms with Crippen molar-refractivity contribution in [3.05, 3.63) is 53.7 Å². The number of aromatic nitrogens is 1. The number of nitrogens with one attached hydrogen (secondary N) is 1. The van der Waals surface area contributed by atoms with Crippen LogP contribution in [0.4, 0.5) is 5.82 Å². The van der Waals surface area contributed by atoms with Crippen LogP contribution in [0, 0.1) is 0 Å². The summed E-state index contributed by atoms with van der Waals surface area (Å²) in [5.74, 6) is 1.91. The van der Waals surface area contributed by atoms with Crippen LogP contribution in [0.1, 0.15) is 62.2 Å². The van der Waals surface area contributed by atoms with Crippen LogP contribution in [0.3, 0.4) is 0 Å². The lowest BCUT2D eigenvalue weighted by atomic mass is 9.93. The number of hydrogen-bond donors (Lipinski definition) is 1. The molecule has 4 nitrogen and oxygen atoms in total. The highest BCUT2D eigenvalue weighted by molar-refractivity contribution is 5.37. The molecule has 4 heteroatoms. The summed E-state index contributed by atoms with van der Waals surface area (Å²) in [4.78, 5) is 7.74. The van der Waals surface area contributed by atoms with Crippen molar-refractivity contribution in [3.63, 3.8) is 0 Å². The molecule has 4 rings (SSSR count). The number of benzene rings is 1. The molecule has 1 aromatic heterocycles. The minimum Gasteiger partial charge on any atom is -0.497 e. The molecule has 2 aliphatic rings. The zero-order chi connectivity index (χ0) is 19.2. The Morgan fingerprint density at radius 1 is 1.00 bits per heavy atom. The lowest BCUT2D eigenvalue weighted by Crippen LogP contribution is -2.36. The van der Waals surface area contributed by atoms with Gasteiger partial charge >= 0.3 is 0 Å². The van der Waals surface area contributed by atoms with E-state index in [2.05, 4.69) is 40.5 Å². The van der Waals surface area contributed by atoms with E-state index in [4.69, 9.17) is 9.72 Å². The second-order valence-corrected chi connectivity index (χ2v) is 8.16. The number of hydrogen-bond acceptors (Lipinski definition) is 4. The Kier molecular flexibility index (Phi) is 6.48. The minimum atomic E-state index is 0.506. The van der Waals surface area contributed by atoms with E-state index in [1.807, 2.05) is 12.1 Å². The Morgan fingerprint density at radius 2 is 1.82 bits per heavy atom. The molecule has 1 saturated heterocycles. The van der Waals surface area contributed by atoms with Crippen LogP contribution in [0.25, 0.3) is 0 Å². The van der Waals surface area contributed by atoms with E-state index in [9.17, 15) is 0 Å². The number of methoxy groups -OCH3 is 1. The zero-order valence-electron chi connectivity index (χ0n) is 17.1. The van der Waals surface area contributed by atoms with Crippen molar-refractivity contribution in [3.8, 4) is 5.75 Å². The molecule has 1 aliphatic carbocycles. The van der Waals surface area contributed by atoms with Crippen molar-refractivity contribution in [2.24, 2.45) is 0 Å². The molecule has 150 valence electrons. The number of nitrogens with zero attached hydrogens (tertiary/aromatic N) is 2. The first-order chi connectivity index (χ1) is 13.8. The average molecular weight is 380 g/mol. The van der Waals surface area contributed by atoms with Crippen LogP contribution in [-0.2, 0) is 6.42 Å². The predicted molar refractivity (Wildman–Crippen MR) is 115 cm³/mol. The molecule has 0 bridgehead atoms. The fourth-order valence-electron chi connectivity index (χ4n) is 4.82. The number of anilines is 1. The van der Waals surface area contributed by atoms with Gasteiger partial charge in [-0.25, -0.2) is 4.98 Å². The van der Waals surface area contributed by atoms with Crippen LogP contribution in [0.2, 0.25) is 0 Å². The molecule has 1 aliphatic heterocycles. The summed E-state index contributed by atoms with van der Waals surface area (Å²) in [6, 6.07) is 16.1. The van der Waals surface area contributed by atoms with Gasteiger partial charge in [-0.2, -0.15) is 0 Å². The van der Waals surface area contributed by atoms with E-state index in [-0.39, 0.29) is 0 Å². The Morgan fingerprint density at radius 3 is 2.61 bits per heavy atom. The number of ether oxygens (including phenoxy) is 1. The van der Waals surface area contributed by atoms with E-state index in [1.165, 1.54) is 62.7 Å². The van der Waals surface area contributed by atoms with Crippen molar-refractivity contribution in [1.82, 2.24) is 9.88 Å². The summed E-state index contributed by atoms with van der Waals surface area (Å²) in [5.41, 5.74) is 2.56. The molecule has 0 radical (unpaired) electrons. The van der Waals surface area contributed by atoms with Gasteiger partial charge in [-0.15, -0.1) is 0 Å². The average Bonchev–Trinajstić information content (AvgIpc) is 3.25. The third-order valence-corrected chi connectivity index (χ3v) is 6.33. The van der Waals surface area contributed by atoms with Gasteiger partial charge in [0.25, 0.3) is 0 Å². The summed E-state index contributed by atoms with van der Waals surface area (Å²) < 4.78 is 5.23. The quantitative estimate of drug-likeness (QED) is 0.716. The van der Waals surface area contributed by atoms with Gasteiger partial charge in [0.1, 0.15) is 11.6 Å². The Bertz CT molecular complexity index is 740. The van der Waals surface area contributed by atoms with Gasteiger partial charge in [0.2, 0.25) is 0 Å². The van der Waals surface area contributed by atoms with E-state index >= 15 is 0 Å². The number of pyridine rings is 1. The number of rotatable bonds is 7. The molecule has 1 atom stereocenters. The van der Waals surface area contributed by atoms with Crippen LogP contribution in [0.15, 0.2) is 42.5 Å². The highest BCUT2D eigenvalue weighted by Gasteiger charge is 2.33. The van der Waals surface area contributed by atoms with Gasteiger partial charge in [-0.1, -0.05) is 37.5 Å². The molecule has 2 fully saturated rings. The van der Waals surface area contributed by atoms with Crippen LogP contribution >= 0.6 is 0 Å². The first kappa shape index (κ1) is 19.3. The zero-order valence-corrected chi connectivity index (χ0v) is 17.1. The number of likely N-dealkylation sites (tertiary alicyclic amines) is 1. The fraction of sp³-hybridized carbons (Fsp3) is 0.542. The van der Waals surface area contributed by atoms with Crippen molar-refractivity contribution in [2.75, 3.05) is 25.5 Å². The fourth-order valence-corrected chi connectivity index (χ4v) is 4.82. The van der Waals surface area contributed by atoms with E-state index < -0.39 is 0 Å². The Balaban J connectivity index is 1.35. The summed E-state index contributed by atoms with van der Waals surface area (Å²) in [5, 5.41) is 3.52. The van der Waals surface area contributed by atoms with E-state index in [0.29, 0.717) is 6.04 Å². The lowest BCUT2D eigenvalue weighted by Gasteiger charge is -2.35. The van der Waals surface area contributed by atoms with E-state index in [1.54, 1.807) is 7.11 Å². The van der Waals surface area contributed by atoms with Crippen LogP contribution in [0.5, 0.6) is 5.75 Å². The van der Waals surface area contributed by atoms with Gasteiger partial charge in [0.05, 0.1) is 18.8 Å². The highest BCUT2D eigenvalue weighted by atomic mass is 16.5. The first-order valence-corrected chi connectivity index (χ1v) is 10.9. The second-order valence-electron chi connectivity index (χ2n) is 8.16. The minimum absolute atomic E-state index is 0.506. The smallest absolute Gasteiger partial charge is 0.126 e. The molecule has 0 spiro atoms. The maximum Gasteiger partial charge on any atom is 0.126 e. The van der Waals surface area contributed by atoms with E-state index in [0.717, 1.165) is 30.6 Å². The third-order valence-electron chi connectivity index (χ3n) is 6.33. The highest BCUT2D eigenvalue weighted by Crippen LogP contribution is 2.37. The first-order valence-electron chi connectivity index (χ1n) is 10.9. The van der Waals surface area contributed by atoms with Crippen molar-refractivity contribution >= 4 is 5.82 Å². The maximum absolute atomic E-state index is 5.23. The van der Waals surface area contributed by atoms with Gasteiger partial charge in [-0.3, -0.25) is 4.90 Å². The molecule has 1 unspecified atom stereocenters. The van der Waals surface area contributed by atoms with Gasteiger partial charge in [0, 0.05) is 12.6 Å². The molecule has 2 aromatic rings. The predicted octanol–water partition coefficient (Wildman–Crippen LogP) is 5.21. The normalized spacial score (nSPS) is 21.0. The largest absolute Gasteiger partial charge is 0.497 e. The standard InChI is InChI=1S/C24H33N3O/c1-28-21-14-12-19(13-15-21)16-17-25-24-11-5-9-22(26-24)23-10-6-18-27(23)20-7-3-2-4-8-20/h5,9,11-15,20,23H,2-4,6-8,10,16-18H2,1H3,(H,25,26). The SMILES string of the molecule is COc1ccc(CCNc2cccc(C3CCCN3C3CCCCC3)n2)cc1. The molecular formula is C24H33N3O. The molecule has 1 aromatic carbocycles. The monoisotopic (exact) mass is 379 g/mol. The van der Waals surface area contributed by atoms with Crippen LogP contribution in [-0.4, -0.2) is 36.1 Å². The molecule has 0 amide bonds. The summed E-state index contributed by atoms with van der Waals surface area (Å²) in [6.07, 6.45) is 10.5. The summed E-state index contributed by atoms with van der Waals surface area (Å²) >= 11 is 0. The third kappa shape index (κ3) is 4.67. The van der Waals surface area contributed by atoms with Gasteiger partial charge in [0.15, 0.2) is 0 Å². The van der Waals surface area contributed by atoms with Gasteiger partial charge < -0.3 is 10.1 Å². The van der Waals surface area contributed by atoms with Crippen molar-refractivity contribution in [1.29, 1.82) is 0 Å². The van der Waals surface area contributed by atoms with Crippen molar-refractivity contribution in [2.45, 2.75) is 63.5 Å². The van der Waals surface area contributed by atoms with Crippen molar-refractivity contribution < 1.29 is 4.74 Å². The molecule has 1 N–H and O–H groups in total. The Hall–Kier alpha value is -2.07. The molecule has 1 saturated carbocycles. The van der Waals surface area contributed by atoms with Crippen LogP contribution < -0.4 is 10.1 Å². The molecule has 28 heavy (non-hydrogen) atoms. The van der Waals surface area contributed by atoms with Gasteiger partial charge in [-0.05, 0) is 68.5 Å². The Labute approximate surface area is 169 Å². The second kappa shape index (κ2) is 9.42. The lowest BCUT2D eigenvalue weighted by molar-refractivity contribution is 0.140. The summed E-state index contributed by atoms with van der Waals surface area (Å²) in [6.45, 7) is 2.13.